The molecule has 1 aromatic carbocycles. The first-order valence-electron chi connectivity index (χ1n) is 6.94. The fraction of sp³-hybridized carbons (Fsp3) is 0.600. The first-order valence-corrected chi connectivity index (χ1v) is 7.74. The molecule has 0 heterocycles. The second kappa shape index (κ2) is 10.4. The average Bonchev–Trinajstić information content (AvgIpc) is 2.39. The van der Waals surface area contributed by atoms with Crippen LogP contribution in [0.5, 0.6) is 0 Å². The Morgan fingerprint density at radius 2 is 1.95 bits per heavy atom. The highest BCUT2D eigenvalue weighted by molar-refractivity contribution is 9.10. The molecule has 0 aliphatic rings. The number of halogens is 1. The molecule has 0 aromatic heterocycles. The topological polar surface area (TPSA) is 30.5 Å². The van der Waals surface area contributed by atoms with Crippen LogP contribution in [0, 0.1) is 0 Å². The highest BCUT2D eigenvalue weighted by Crippen LogP contribution is 2.11. The van der Waals surface area contributed by atoms with E-state index < -0.39 is 0 Å². The number of rotatable bonds is 10. The molecule has 0 amide bonds. The van der Waals surface area contributed by atoms with Gasteiger partial charge in [0.25, 0.3) is 0 Å². The fourth-order valence-electron chi connectivity index (χ4n) is 1.86. The van der Waals surface area contributed by atoms with Gasteiger partial charge in [0.2, 0.25) is 0 Å². The molecule has 0 saturated heterocycles. The molecule has 3 nitrogen and oxygen atoms in total. The van der Waals surface area contributed by atoms with Gasteiger partial charge in [-0.15, -0.1) is 0 Å². The van der Waals surface area contributed by atoms with Crippen molar-refractivity contribution in [3.8, 4) is 0 Å². The third kappa shape index (κ3) is 7.67. The van der Waals surface area contributed by atoms with Crippen LogP contribution in [-0.2, 0) is 16.0 Å². The summed E-state index contributed by atoms with van der Waals surface area (Å²) in [7, 11) is 0. The van der Waals surface area contributed by atoms with Crippen LogP contribution >= 0.6 is 15.9 Å². The summed E-state index contributed by atoms with van der Waals surface area (Å²) in [4.78, 5) is 0. The van der Waals surface area contributed by atoms with E-state index in [1.165, 1.54) is 5.56 Å². The van der Waals surface area contributed by atoms with E-state index in [0.717, 1.165) is 30.4 Å². The number of nitrogens with one attached hydrogen (secondary N) is 1. The molecule has 0 radical (unpaired) electrons. The van der Waals surface area contributed by atoms with E-state index >= 15 is 0 Å². The largest absolute Gasteiger partial charge is 0.353 e. The van der Waals surface area contributed by atoms with E-state index in [-0.39, 0.29) is 6.29 Å². The van der Waals surface area contributed by atoms with Crippen molar-refractivity contribution < 1.29 is 9.47 Å². The first kappa shape index (κ1) is 16.6. The van der Waals surface area contributed by atoms with Gasteiger partial charge in [-0.05, 0) is 50.9 Å². The van der Waals surface area contributed by atoms with E-state index in [1.54, 1.807) is 0 Å². The Hall–Kier alpha value is -0.420. The summed E-state index contributed by atoms with van der Waals surface area (Å²) in [6.07, 6.45) is 1.94. The Labute approximate surface area is 124 Å². The number of ether oxygens (including phenoxy) is 2. The van der Waals surface area contributed by atoms with Crippen LogP contribution in [0.4, 0.5) is 0 Å². The predicted molar refractivity (Wildman–Crippen MR) is 82.1 cm³/mol. The van der Waals surface area contributed by atoms with Crippen molar-refractivity contribution in [3.63, 3.8) is 0 Å². The minimum absolute atomic E-state index is 0.0531. The lowest BCUT2D eigenvalue weighted by molar-refractivity contribution is -0.139. The van der Waals surface area contributed by atoms with E-state index in [1.807, 2.05) is 19.9 Å². The summed E-state index contributed by atoms with van der Waals surface area (Å²) >= 11 is 3.48. The lowest BCUT2D eigenvalue weighted by Crippen LogP contribution is -2.21. The second-order valence-electron chi connectivity index (χ2n) is 4.29. The highest BCUT2D eigenvalue weighted by Gasteiger charge is 2.06. The van der Waals surface area contributed by atoms with Crippen molar-refractivity contribution in [1.82, 2.24) is 5.32 Å². The van der Waals surface area contributed by atoms with Crippen molar-refractivity contribution in [3.05, 3.63) is 34.3 Å². The Balaban J connectivity index is 2.13. The Morgan fingerprint density at radius 3 is 2.58 bits per heavy atom. The van der Waals surface area contributed by atoms with Gasteiger partial charge in [-0.3, -0.25) is 0 Å². The molecule has 0 aliphatic carbocycles. The summed E-state index contributed by atoms with van der Waals surface area (Å²) in [5.74, 6) is 0. The number of benzene rings is 1. The van der Waals surface area contributed by atoms with Crippen molar-refractivity contribution in [2.24, 2.45) is 0 Å². The fourth-order valence-corrected chi connectivity index (χ4v) is 2.31. The normalized spacial score (nSPS) is 11.2. The molecular formula is C15H24BrNO2. The van der Waals surface area contributed by atoms with Gasteiger partial charge in [0, 0.05) is 24.2 Å². The lowest BCUT2D eigenvalue weighted by Gasteiger charge is -2.16. The Kier molecular flexibility index (Phi) is 9.08. The van der Waals surface area contributed by atoms with Gasteiger partial charge in [-0.2, -0.15) is 0 Å². The molecule has 0 unspecified atom stereocenters. The van der Waals surface area contributed by atoms with Crippen molar-refractivity contribution >= 4 is 15.9 Å². The molecule has 1 N–H and O–H groups in total. The van der Waals surface area contributed by atoms with Crippen LogP contribution in [-0.4, -0.2) is 26.0 Å². The quantitative estimate of drug-likeness (QED) is 0.524. The van der Waals surface area contributed by atoms with E-state index in [2.05, 4.69) is 39.4 Å². The zero-order chi connectivity index (χ0) is 13.9. The zero-order valence-electron chi connectivity index (χ0n) is 11.8. The van der Waals surface area contributed by atoms with Crippen LogP contribution in [0.1, 0.15) is 32.3 Å². The monoisotopic (exact) mass is 329 g/mol. The Morgan fingerprint density at radius 1 is 1.21 bits per heavy atom. The SMILES string of the molecule is CCOC(CCCNCc1cccc(Br)c1)OCC. The van der Waals surface area contributed by atoms with E-state index in [4.69, 9.17) is 9.47 Å². The third-order valence-electron chi connectivity index (χ3n) is 2.72. The van der Waals surface area contributed by atoms with Crippen LogP contribution in [0.25, 0.3) is 0 Å². The summed E-state index contributed by atoms with van der Waals surface area (Å²) in [5.41, 5.74) is 1.29. The average molecular weight is 330 g/mol. The van der Waals surface area contributed by atoms with Gasteiger partial charge >= 0.3 is 0 Å². The van der Waals surface area contributed by atoms with Crippen LogP contribution in [0.2, 0.25) is 0 Å². The standard InChI is InChI=1S/C15H24BrNO2/c1-3-18-15(19-4-2)9-6-10-17-12-13-7-5-8-14(16)11-13/h5,7-8,11,15,17H,3-4,6,9-10,12H2,1-2H3. The van der Waals surface area contributed by atoms with Crippen molar-refractivity contribution in [1.29, 1.82) is 0 Å². The smallest absolute Gasteiger partial charge is 0.157 e. The van der Waals surface area contributed by atoms with Gasteiger partial charge in [0.05, 0.1) is 0 Å². The van der Waals surface area contributed by atoms with Gasteiger partial charge in [-0.25, -0.2) is 0 Å². The predicted octanol–water partition coefficient (Wildman–Crippen LogP) is 3.72. The molecule has 0 saturated carbocycles. The molecule has 4 heteroatoms. The van der Waals surface area contributed by atoms with Gasteiger partial charge in [0.1, 0.15) is 0 Å². The van der Waals surface area contributed by atoms with Crippen LogP contribution in [0.15, 0.2) is 28.7 Å². The van der Waals surface area contributed by atoms with E-state index in [0.29, 0.717) is 13.2 Å². The first-order chi connectivity index (χ1) is 9.26. The van der Waals surface area contributed by atoms with Crippen molar-refractivity contribution in [2.75, 3.05) is 19.8 Å². The highest BCUT2D eigenvalue weighted by atomic mass is 79.9. The summed E-state index contributed by atoms with van der Waals surface area (Å²) in [6, 6.07) is 8.36. The number of hydrogen-bond acceptors (Lipinski definition) is 3. The maximum absolute atomic E-state index is 5.51. The maximum atomic E-state index is 5.51. The summed E-state index contributed by atoms with van der Waals surface area (Å²) < 4.78 is 12.1. The maximum Gasteiger partial charge on any atom is 0.157 e. The van der Waals surface area contributed by atoms with E-state index in [9.17, 15) is 0 Å². The Bertz CT molecular complexity index is 341. The van der Waals surface area contributed by atoms with Gasteiger partial charge < -0.3 is 14.8 Å². The third-order valence-corrected chi connectivity index (χ3v) is 3.21. The summed E-state index contributed by atoms with van der Waals surface area (Å²) in [5, 5.41) is 3.44. The second-order valence-corrected chi connectivity index (χ2v) is 5.20. The van der Waals surface area contributed by atoms with Gasteiger partial charge in [-0.1, -0.05) is 28.1 Å². The molecule has 0 aliphatic heterocycles. The minimum atomic E-state index is -0.0531. The van der Waals surface area contributed by atoms with Gasteiger partial charge in [0.15, 0.2) is 6.29 Å². The van der Waals surface area contributed by atoms with Crippen LogP contribution in [0.3, 0.4) is 0 Å². The molecule has 1 rings (SSSR count). The van der Waals surface area contributed by atoms with Crippen molar-refractivity contribution in [2.45, 2.75) is 39.5 Å². The molecule has 108 valence electrons. The van der Waals surface area contributed by atoms with Crippen LogP contribution < -0.4 is 5.32 Å². The zero-order valence-corrected chi connectivity index (χ0v) is 13.4. The molecule has 0 fully saturated rings. The molecule has 0 atom stereocenters. The molecule has 0 bridgehead atoms. The lowest BCUT2D eigenvalue weighted by atomic mass is 10.2. The minimum Gasteiger partial charge on any atom is -0.353 e. The summed E-state index contributed by atoms with van der Waals surface area (Å²) in [6.45, 7) is 7.28. The molecule has 1 aromatic rings. The molecule has 19 heavy (non-hydrogen) atoms. The number of hydrogen-bond donors (Lipinski definition) is 1. The molecule has 0 spiro atoms. The molecular weight excluding hydrogens is 306 g/mol.